The van der Waals surface area contributed by atoms with Crippen LogP contribution >= 0.6 is 0 Å². The van der Waals surface area contributed by atoms with Gasteiger partial charge in [-0.05, 0) is 25.3 Å². The summed E-state index contributed by atoms with van der Waals surface area (Å²) in [5.41, 5.74) is 1.05. The summed E-state index contributed by atoms with van der Waals surface area (Å²) in [6.45, 7) is 1.76. The minimum absolute atomic E-state index is 0.326. The summed E-state index contributed by atoms with van der Waals surface area (Å²) in [6.07, 6.45) is 3.44. The van der Waals surface area contributed by atoms with E-state index in [4.69, 9.17) is 4.74 Å². The van der Waals surface area contributed by atoms with Gasteiger partial charge in [-0.25, -0.2) is 4.79 Å². The molecule has 2 rings (SSSR count). The highest BCUT2D eigenvalue weighted by Crippen LogP contribution is 2.29. The van der Waals surface area contributed by atoms with Crippen LogP contribution < -0.4 is 0 Å². The highest BCUT2D eigenvalue weighted by molar-refractivity contribution is 6.41. The first-order chi connectivity index (χ1) is 9.02. The molecule has 4 heteroatoms. The Hall–Kier alpha value is -1.68. The molecular formula is C15H18O4. The van der Waals surface area contributed by atoms with Crippen molar-refractivity contribution in [2.75, 3.05) is 0 Å². The van der Waals surface area contributed by atoms with Crippen LogP contribution in [-0.4, -0.2) is 22.6 Å². The monoisotopic (exact) mass is 262 g/mol. The molecule has 102 valence electrons. The smallest absolute Gasteiger partial charge is 0.382 e. The Labute approximate surface area is 112 Å². The van der Waals surface area contributed by atoms with Crippen molar-refractivity contribution < 1.29 is 19.4 Å². The summed E-state index contributed by atoms with van der Waals surface area (Å²) in [7, 11) is 0. The van der Waals surface area contributed by atoms with Crippen LogP contribution in [0.4, 0.5) is 0 Å². The molecule has 0 aliphatic heterocycles. The molecule has 0 spiro atoms. The fourth-order valence-electron chi connectivity index (χ4n) is 2.36. The van der Waals surface area contributed by atoms with Crippen molar-refractivity contribution in [3.63, 3.8) is 0 Å². The Bertz CT molecular complexity index is 487. The zero-order valence-corrected chi connectivity index (χ0v) is 11.0. The van der Waals surface area contributed by atoms with Gasteiger partial charge in [0.05, 0.1) is 0 Å². The van der Waals surface area contributed by atoms with Gasteiger partial charge in [0.2, 0.25) is 5.79 Å². The molecule has 0 radical (unpaired) electrons. The zero-order chi connectivity index (χ0) is 13.9. The van der Waals surface area contributed by atoms with Gasteiger partial charge < -0.3 is 9.84 Å². The molecule has 0 amide bonds. The van der Waals surface area contributed by atoms with Crippen molar-refractivity contribution in [3.8, 4) is 0 Å². The molecule has 1 fully saturated rings. The lowest BCUT2D eigenvalue weighted by Gasteiger charge is -2.31. The van der Waals surface area contributed by atoms with Crippen LogP contribution in [0.1, 0.15) is 48.0 Å². The zero-order valence-electron chi connectivity index (χ0n) is 11.0. The van der Waals surface area contributed by atoms with Crippen molar-refractivity contribution in [1.29, 1.82) is 0 Å². The van der Waals surface area contributed by atoms with E-state index in [0.29, 0.717) is 18.4 Å². The second-order valence-electron chi connectivity index (χ2n) is 5.04. The molecule has 0 heterocycles. The number of Topliss-reactive ketones (excluding diaryl/α,β-unsaturated/α-hetero) is 1. The van der Waals surface area contributed by atoms with E-state index in [9.17, 15) is 14.7 Å². The fourth-order valence-corrected chi connectivity index (χ4v) is 2.36. The Morgan fingerprint density at radius 1 is 1.16 bits per heavy atom. The molecule has 0 aromatic heterocycles. The molecule has 1 N–H and O–H groups in total. The summed E-state index contributed by atoms with van der Waals surface area (Å²) in [6, 6.07) is 6.84. The van der Waals surface area contributed by atoms with Gasteiger partial charge in [-0.15, -0.1) is 0 Å². The average molecular weight is 262 g/mol. The van der Waals surface area contributed by atoms with Crippen molar-refractivity contribution in [3.05, 3.63) is 35.4 Å². The summed E-state index contributed by atoms with van der Waals surface area (Å²) in [5.74, 6) is -3.14. The number of ether oxygens (including phenoxy) is 1. The second-order valence-corrected chi connectivity index (χ2v) is 5.04. The van der Waals surface area contributed by atoms with Gasteiger partial charge in [-0.2, -0.15) is 0 Å². The van der Waals surface area contributed by atoms with Gasteiger partial charge in [-0.3, -0.25) is 4.79 Å². The van der Waals surface area contributed by atoms with Gasteiger partial charge in [-0.1, -0.05) is 30.7 Å². The van der Waals surface area contributed by atoms with Crippen LogP contribution in [0.5, 0.6) is 0 Å². The number of benzene rings is 1. The number of rotatable bonds is 3. The Morgan fingerprint density at radius 3 is 2.42 bits per heavy atom. The van der Waals surface area contributed by atoms with Gasteiger partial charge in [0.25, 0.3) is 5.78 Å². The third kappa shape index (κ3) is 3.20. The van der Waals surface area contributed by atoms with Gasteiger partial charge in [0.1, 0.15) is 0 Å². The maximum absolute atomic E-state index is 12.0. The van der Waals surface area contributed by atoms with Crippen molar-refractivity contribution >= 4 is 11.8 Å². The first kappa shape index (κ1) is 13.7. The quantitative estimate of drug-likeness (QED) is 0.393. The largest absolute Gasteiger partial charge is 0.427 e. The Morgan fingerprint density at radius 2 is 1.79 bits per heavy atom. The third-order valence-corrected chi connectivity index (χ3v) is 3.49. The van der Waals surface area contributed by atoms with Gasteiger partial charge >= 0.3 is 5.97 Å². The number of carbonyl (C=O) groups is 2. The van der Waals surface area contributed by atoms with Crippen molar-refractivity contribution in [1.82, 2.24) is 0 Å². The molecule has 0 atom stereocenters. The first-order valence-electron chi connectivity index (χ1n) is 6.57. The van der Waals surface area contributed by atoms with Crippen LogP contribution in [0.2, 0.25) is 0 Å². The summed E-state index contributed by atoms with van der Waals surface area (Å²) < 4.78 is 5.02. The van der Waals surface area contributed by atoms with Crippen molar-refractivity contribution in [2.24, 2.45) is 0 Å². The van der Waals surface area contributed by atoms with E-state index in [0.717, 1.165) is 24.8 Å². The second kappa shape index (κ2) is 5.53. The molecular weight excluding hydrogens is 244 g/mol. The Balaban J connectivity index is 2.08. The molecule has 1 aromatic rings. The number of aryl methyl sites for hydroxylation is 1. The number of hydrogen-bond acceptors (Lipinski definition) is 4. The molecule has 1 aromatic carbocycles. The number of hydrogen-bond donors (Lipinski definition) is 1. The third-order valence-electron chi connectivity index (χ3n) is 3.49. The van der Waals surface area contributed by atoms with Crippen LogP contribution in [0.3, 0.4) is 0 Å². The maximum atomic E-state index is 12.0. The predicted octanol–water partition coefficient (Wildman–Crippen LogP) is 2.37. The standard InChI is InChI=1S/C15H18O4/c1-11-7-3-4-8-12(11)13(16)14(17)19-15(18)9-5-2-6-10-15/h3-4,7-8,18H,2,5-6,9-10H2,1H3. The summed E-state index contributed by atoms with van der Waals surface area (Å²) in [4.78, 5) is 23.8. The van der Waals surface area contributed by atoms with E-state index in [1.54, 1.807) is 31.2 Å². The lowest BCUT2D eigenvalue weighted by Crippen LogP contribution is -2.39. The Kier molecular flexibility index (Phi) is 4.00. The minimum atomic E-state index is -1.46. The molecule has 0 saturated heterocycles. The van der Waals surface area contributed by atoms with Crippen LogP contribution in [0, 0.1) is 6.92 Å². The first-order valence-corrected chi connectivity index (χ1v) is 6.57. The van der Waals surface area contributed by atoms with Gasteiger partial charge in [0, 0.05) is 18.4 Å². The lowest BCUT2D eigenvalue weighted by atomic mass is 9.94. The molecule has 19 heavy (non-hydrogen) atoms. The molecule has 1 aliphatic carbocycles. The van der Waals surface area contributed by atoms with E-state index in [2.05, 4.69) is 0 Å². The highest BCUT2D eigenvalue weighted by Gasteiger charge is 2.35. The topological polar surface area (TPSA) is 63.6 Å². The molecule has 0 unspecified atom stereocenters. The fraction of sp³-hybridized carbons (Fsp3) is 0.467. The maximum Gasteiger partial charge on any atom is 0.382 e. The van der Waals surface area contributed by atoms with Crippen LogP contribution in [0.25, 0.3) is 0 Å². The van der Waals surface area contributed by atoms with E-state index < -0.39 is 17.5 Å². The van der Waals surface area contributed by atoms with Gasteiger partial charge in [0.15, 0.2) is 0 Å². The molecule has 4 nitrogen and oxygen atoms in total. The molecule has 1 aliphatic rings. The van der Waals surface area contributed by atoms with Crippen LogP contribution in [-0.2, 0) is 9.53 Å². The number of carbonyl (C=O) groups excluding carboxylic acids is 2. The molecule has 0 bridgehead atoms. The van der Waals surface area contributed by atoms with E-state index in [1.165, 1.54) is 0 Å². The van der Waals surface area contributed by atoms with Crippen molar-refractivity contribution in [2.45, 2.75) is 44.8 Å². The molecule has 1 saturated carbocycles. The number of aliphatic hydroxyl groups is 1. The van der Waals surface area contributed by atoms with Crippen LogP contribution in [0.15, 0.2) is 24.3 Å². The number of esters is 1. The lowest BCUT2D eigenvalue weighted by molar-refractivity contribution is -0.215. The number of ketones is 1. The summed E-state index contributed by atoms with van der Waals surface area (Å²) >= 11 is 0. The normalized spacial score (nSPS) is 17.8. The predicted molar refractivity (Wildman–Crippen MR) is 69.6 cm³/mol. The van der Waals surface area contributed by atoms with E-state index >= 15 is 0 Å². The summed E-state index contributed by atoms with van der Waals surface area (Å²) in [5, 5.41) is 10.1. The highest BCUT2D eigenvalue weighted by atomic mass is 16.7. The average Bonchev–Trinajstić information content (AvgIpc) is 2.39. The SMILES string of the molecule is Cc1ccccc1C(=O)C(=O)OC1(O)CCCCC1. The van der Waals surface area contributed by atoms with E-state index in [-0.39, 0.29) is 0 Å². The minimum Gasteiger partial charge on any atom is -0.427 e. The van der Waals surface area contributed by atoms with E-state index in [1.807, 2.05) is 0 Å².